The Labute approximate surface area is 186 Å². The Bertz CT molecular complexity index is 945. The van der Waals surface area contributed by atoms with Crippen LogP contribution in [0.3, 0.4) is 0 Å². The van der Waals surface area contributed by atoms with Crippen LogP contribution in [0.5, 0.6) is 11.5 Å². The molecule has 7 nitrogen and oxygen atoms in total. The Morgan fingerprint density at radius 1 is 1.10 bits per heavy atom. The van der Waals surface area contributed by atoms with E-state index in [-0.39, 0.29) is 0 Å². The third-order valence-electron chi connectivity index (χ3n) is 4.76. The first-order valence-electron chi connectivity index (χ1n) is 9.82. The largest absolute Gasteiger partial charge is 0.492 e. The molecule has 0 amide bonds. The van der Waals surface area contributed by atoms with Crippen LogP contribution in [0.15, 0.2) is 45.8 Å². The number of nitrogens with zero attached hydrogens (tertiary/aromatic N) is 1. The fourth-order valence-corrected chi connectivity index (χ4v) is 5.31. The summed E-state index contributed by atoms with van der Waals surface area (Å²) in [5, 5.41) is 3.38. The lowest BCUT2D eigenvalue weighted by atomic mass is 10.2. The molecule has 0 atom stereocenters. The van der Waals surface area contributed by atoms with Crippen LogP contribution in [-0.4, -0.2) is 52.7 Å². The van der Waals surface area contributed by atoms with Crippen molar-refractivity contribution in [2.24, 2.45) is 0 Å². The number of ether oxygens (including phenoxy) is 3. The third kappa shape index (κ3) is 5.53. The summed E-state index contributed by atoms with van der Waals surface area (Å²) in [4.78, 5) is 0.314. The third-order valence-corrected chi connectivity index (χ3v) is 7.26. The van der Waals surface area contributed by atoms with Crippen molar-refractivity contribution in [2.45, 2.75) is 24.9 Å². The maximum absolute atomic E-state index is 12.7. The number of benzene rings is 2. The molecule has 1 N–H and O–H groups in total. The first-order chi connectivity index (χ1) is 14.5. The fraction of sp³-hybridized carbons (Fsp3) is 0.429. The predicted molar refractivity (Wildman–Crippen MR) is 118 cm³/mol. The molecule has 2 aromatic carbocycles. The van der Waals surface area contributed by atoms with Gasteiger partial charge in [-0.2, -0.15) is 4.31 Å². The Balaban J connectivity index is 1.60. The normalized spacial score (nSPS) is 15.2. The maximum atomic E-state index is 12.7. The highest BCUT2D eigenvalue weighted by molar-refractivity contribution is 9.10. The fourth-order valence-electron chi connectivity index (χ4n) is 3.25. The number of hydrogen-bond donors (Lipinski definition) is 1. The Hall–Kier alpha value is -1.65. The zero-order chi connectivity index (χ0) is 21.6. The van der Waals surface area contributed by atoms with Crippen molar-refractivity contribution in [3.05, 3.63) is 52.0 Å². The van der Waals surface area contributed by atoms with Crippen molar-refractivity contribution in [1.29, 1.82) is 0 Å². The molecule has 1 aliphatic heterocycles. The van der Waals surface area contributed by atoms with E-state index >= 15 is 0 Å². The van der Waals surface area contributed by atoms with Gasteiger partial charge in [0.2, 0.25) is 10.0 Å². The lowest BCUT2D eigenvalue weighted by Crippen LogP contribution is -2.40. The summed E-state index contributed by atoms with van der Waals surface area (Å²) in [6.45, 7) is 5.41. The van der Waals surface area contributed by atoms with Crippen molar-refractivity contribution in [1.82, 2.24) is 9.62 Å². The predicted octanol–water partition coefficient (Wildman–Crippen LogP) is 3.17. The number of methoxy groups -OCH3 is 1. The zero-order valence-electron chi connectivity index (χ0n) is 17.2. The van der Waals surface area contributed by atoms with E-state index in [1.54, 1.807) is 19.2 Å². The lowest BCUT2D eigenvalue weighted by molar-refractivity contribution is 0.0730. The molecule has 164 valence electrons. The molecule has 1 saturated heterocycles. The minimum atomic E-state index is -3.46. The first kappa shape index (κ1) is 23.0. The number of sulfonamides is 1. The van der Waals surface area contributed by atoms with Gasteiger partial charge in [-0.05, 0) is 58.2 Å². The standard InChI is InChI=1S/C21H27BrN2O5S/c1-3-29-20-13-17(12-19(22)21(20)27-2)15-23-14-16-4-6-18(7-5-16)30(25,26)24-8-10-28-11-9-24/h4-7,12-13,23H,3,8-11,14-15H2,1-2H3. The number of morpholine rings is 1. The van der Waals surface area contributed by atoms with Crippen LogP contribution in [0.25, 0.3) is 0 Å². The molecule has 1 fully saturated rings. The van der Waals surface area contributed by atoms with Crippen LogP contribution in [0.2, 0.25) is 0 Å². The maximum Gasteiger partial charge on any atom is 0.243 e. The van der Waals surface area contributed by atoms with E-state index in [1.165, 1.54) is 4.31 Å². The van der Waals surface area contributed by atoms with Crippen molar-refractivity contribution >= 4 is 26.0 Å². The van der Waals surface area contributed by atoms with E-state index in [9.17, 15) is 8.42 Å². The van der Waals surface area contributed by atoms with Gasteiger partial charge < -0.3 is 19.5 Å². The van der Waals surface area contributed by atoms with E-state index in [4.69, 9.17) is 14.2 Å². The molecule has 0 aromatic heterocycles. The van der Waals surface area contributed by atoms with Gasteiger partial charge in [-0.1, -0.05) is 12.1 Å². The summed E-state index contributed by atoms with van der Waals surface area (Å²) in [6, 6.07) is 11.0. The second-order valence-corrected chi connectivity index (χ2v) is 9.60. The molecule has 0 bridgehead atoms. The first-order valence-corrected chi connectivity index (χ1v) is 12.1. The smallest absolute Gasteiger partial charge is 0.243 e. The van der Waals surface area contributed by atoms with E-state index in [0.29, 0.717) is 62.4 Å². The molecule has 2 aromatic rings. The molecule has 0 saturated carbocycles. The van der Waals surface area contributed by atoms with Crippen molar-refractivity contribution in [3.63, 3.8) is 0 Å². The summed E-state index contributed by atoms with van der Waals surface area (Å²) < 4.78 is 44.0. The molecule has 9 heteroatoms. The highest BCUT2D eigenvalue weighted by Crippen LogP contribution is 2.36. The Morgan fingerprint density at radius 2 is 1.77 bits per heavy atom. The van der Waals surface area contributed by atoms with Crippen molar-refractivity contribution < 1.29 is 22.6 Å². The highest BCUT2D eigenvalue weighted by Gasteiger charge is 2.26. The summed E-state index contributed by atoms with van der Waals surface area (Å²) in [5.74, 6) is 1.38. The van der Waals surface area contributed by atoms with Crippen LogP contribution in [0.4, 0.5) is 0 Å². The van der Waals surface area contributed by atoms with E-state index in [0.717, 1.165) is 15.6 Å². The van der Waals surface area contributed by atoms with Crippen LogP contribution in [0, 0.1) is 0 Å². The van der Waals surface area contributed by atoms with Gasteiger partial charge >= 0.3 is 0 Å². The van der Waals surface area contributed by atoms with Crippen LogP contribution in [0.1, 0.15) is 18.1 Å². The van der Waals surface area contributed by atoms with Gasteiger partial charge in [-0.15, -0.1) is 0 Å². The number of nitrogens with one attached hydrogen (secondary N) is 1. The molecule has 0 unspecified atom stereocenters. The monoisotopic (exact) mass is 498 g/mol. The number of hydrogen-bond acceptors (Lipinski definition) is 6. The van der Waals surface area contributed by atoms with E-state index in [1.807, 2.05) is 31.2 Å². The Morgan fingerprint density at radius 3 is 2.40 bits per heavy atom. The SMILES string of the molecule is CCOc1cc(CNCc2ccc(S(=O)(=O)N3CCOCC3)cc2)cc(Br)c1OC. The Kier molecular flexibility index (Phi) is 8.13. The topological polar surface area (TPSA) is 77.1 Å². The second kappa shape index (κ2) is 10.6. The van der Waals surface area contributed by atoms with Gasteiger partial charge in [-0.25, -0.2) is 8.42 Å². The lowest BCUT2D eigenvalue weighted by Gasteiger charge is -2.26. The molecule has 0 aliphatic carbocycles. The van der Waals surface area contributed by atoms with Crippen molar-refractivity contribution in [3.8, 4) is 11.5 Å². The quantitative estimate of drug-likeness (QED) is 0.572. The molecule has 3 rings (SSSR count). The summed E-state index contributed by atoms with van der Waals surface area (Å²) in [5.41, 5.74) is 2.06. The number of halogens is 1. The molecular formula is C21H27BrN2O5S. The zero-order valence-corrected chi connectivity index (χ0v) is 19.6. The van der Waals surface area contributed by atoms with E-state index < -0.39 is 10.0 Å². The molecule has 0 radical (unpaired) electrons. The molecule has 0 spiro atoms. The average Bonchev–Trinajstić information content (AvgIpc) is 2.75. The van der Waals surface area contributed by atoms with Gasteiger partial charge in [0.05, 0.1) is 36.3 Å². The van der Waals surface area contributed by atoms with Crippen LogP contribution in [-0.2, 0) is 27.8 Å². The van der Waals surface area contributed by atoms with Crippen molar-refractivity contribution in [2.75, 3.05) is 40.0 Å². The van der Waals surface area contributed by atoms with Gasteiger partial charge in [-0.3, -0.25) is 0 Å². The van der Waals surface area contributed by atoms with Gasteiger partial charge in [0, 0.05) is 26.2 Å². The summed E-state index contributed by atoms with van der Waals surface area (Å²) >= 11 is 3.52. The summed E-state index contributed by atoms with van der Waals surface area (Å²) in [6.07, 6.45) is 0. The average molecular weight is 499 g/mol. The number of rotatable bonds is 9. The minimum absolute atomic E-state index is 0.314. The second-order valence-electron chi connectivity index (χ2n) is 6.81. The summed E-state index contributed by atoms with van der Waals surface area (Å²) in [7, 11) is -1.85. The van der Waals surface area contributed by atoms with E-state index in [2.05, 4.69) is 21.2 Å². The van der Waals surface area contributed by atoms with Gasteiger partial charge in [0.15, 0.2) is 11.5 Å². The molecule has 30 heavy (non-hydrogen) atoms. The van der Waals surface area contributed by atoms with Gasteiger partial charge in [0.25, 0.3) is 0 Å². The molecule has 1 heterocycles. The molecular weight excluding hydrogens is 472 g/mol. The van der Waals surface area contributed by atoms with Crippen LogP contribution < -0.4 is 14.8 Å². The minimum Gasteiger partial charge on any atom is -0.492 e. The molecule has 1 aliphatic rings. The van der Waals surface area contributed by atoms with Crippen LogP contribution >= 0.6 is 15.9 Å². The highest BCUT2D eigenvalue weighted by atomic mass is 79.9. The van der Waals surface area contributed by atoms with Gasteiger partial charge in [0.1, 0.15) is 0 Å².